The van der Waals surface area contributed by atoms with Crippen LogP contribution >= 0.6 is 11.6 Å². The molecule has 2 N–H and O–H groups in total. The Morgan fingerprint density at radius 2 is 1.66 bits per heavy atom. The molecule has 0 unspecified atom stereocenters. The molecule has 2 aromatic carbocycles. The maximum atomic E-state index is 6.15. The summed E-state index contributed by atoms with van der Waals surface area (Å²) in [5.74, 6) is 2.46. The van der Waals surface area contributed by atoms with Crippen LogP contribution in [0.2, 0.25) is 5.02 Å². The van der Waals surface area contributed by atoms with Gasteiger partial charge < -0.3 is 15.5 Å². The van der Waals surface area contributed by atoms with Gasteiger partial charge in [-0.15, -0.1) is 0 Å². The number of hydrogen-bond donors (Lipinski definition) is 2. The van der Waals surface area contributed by atoms with E-state index in [0.717, 1.165) is 46.7 Å². The van der Waals surface area contributed by atoms with E-state index in [9.17, 15) is 0 Å². The number of nitrogens with one attached hydrogen (secondary N) is 2. The number of para-hydroxylation sites is 1. The van der Waals surface area contributed by atoms with E-state index < -0.39 is 0 Å². The zero-order chi connectivity index (χ0) is 24.3. The highest BCUT2D eigenvalue weighted by atomic mass is 35.5. The SMILES string of the molecule is CN(C)c1nc(NC2CCC(CNCC3(c4ccc(Cl)cc4)CCCC3)CC2)nc2ccccc12. The van der Waals surface area contributed by atoms with E-state index in [1.165, 1.54) is 56.9 Å². The van der Waals surface area contributed by atoms with Crippen LogP contribution in [0.25, 0.3) is 10.9 Å². The summed E-state index contributed by atoms with van der Waals surface area (Å²) in [5, 5.41) is 9.43. The van der Waals surface area contributed by atoms with Crippen molar-refractivity contribution in [2.75, 3.05) is 37.4 Å². The van der Waals surface area contributed by atoms with Crippen LogP contribution in [0.3, 0.4) is 0 Å². The predicted octanol–water partition coefficient (Wildman–Crippen LogP) is 6.42. The molecule has 3 aromatic rings. The number of benzene rings is 2. The Balaban J connectivity index is 1.14. The van der Waals surface area contributed by atoms with Crippen molar-refractivity contribution in [2.45, 2.75) is 62.8 Å². The van der Waals surface area contributed by atoms with Crippen molar-refractivity contribution in [3.8, 4) is 0 Å². The summed E-state index contributed by atoms with van der Waals surface area (Å²) in [6.07, 6.45) is 10.0. The minimum Gasteiger partial charge on any atom is -0.362 e. The van der Waals surface area contributed by atoms with Gasteiger partial charge in [-0.3, -0.25) is 0 Å². The third-order valence-electron chi connectivity index (χ3n) is 8.10. The molecular formula is C29H38ClN5. The Bertz CT molecular complexity index is 1120. The van der Waals surface area contributed by atoms with Gasteiger partial charge >= 0.3 is 0 Å². The second kappa shape index (κ2) is 10.7. The highest BCUT2D eigenvalue weighted by molar-refractivity contribution is 6.30. The molecule has 0 bridgehead atoms. The molecule has 0 amide bonds. The van der Waals surface area contributed by atoms with E-state index in [4.69, 9.17) is 21.6 Å². The van der Waals surface area contributed by atoms with Gasteiger partial charge in [0.15, 0.2) is 0 Å². The van der Waals surface area contributed by atoms with Crippen LogP contribution in [0.5, 0.6) is 0 Å². The lowest BCUT2D eigenvalue weighted by molar-refractivity contribution is 0.307. The maximum Gasteiger partial charge on any atom is 0.225 e. The normalized spacial score (nSPS) is 21.8. The highest BCUT2D eigenvalue weighted by Gasteiger charge is 2.35. The first-order chi connectivity index (χ1) is 17.0. The lowest BCUT2D eigenvalue weighted by Gasteiger charge is -2.33. The molecule has 5 rings (SSSR count). The van der Waals surface area contributed by atoms with Crippen LogP contribution in [-0.4, -0.2) is 43.2 Å². The van der Waals surface area contributed by atoms with Gasteiger partial charge in [-0.25, -0.2) is 4.98 Å². The van der Waals surface area contributed by atoms with Crippen LogP contribution in [-0.2, 0) is 5.41 Å². The van der Waals surface area contributed by atoms with Gasteiger partial charge in [-0.2, -0.15) is 4.98 Å². The molecule has 0 spiro atoms. The van der Waals surface area contributed by atoms with E-state index in [2.05, 4.69) is 39.8 Å². The molecular weight excluding hydrogens is 454 g/mol. The van der Waals surface area contributed by atoms with Crippen molar-refractivity contribution < 1.29 is 0 Å². The summed E-state index contributed by atoms with van der Waals surface area (Å²) in [7, 11) is 4.08. The molecule has 1 aromatic heterocycles. The Morgan fingerprint density at radius 3 is 2.37 bits per heavy atom. The topological polar surface area (TPSA) is 53.1 Å². The number of rotatable bonds is 8. The Kier molecular flexibility index (Phi) is 7.45. The fourth-order valence-electron chi connectivity index (χ4n) is 6.10. The van der Waals surface area contributed by atoms with Crippen LogP contribution < -0.4 is 15.5 Å². The van der Waals surface area contributed by atoms with Crippen molar-refractivity contribution in [3.05, 3.63) is 59.1 Å². The first-order valence-corrected chi connectivity index (χ1v) is 13.6. The molecule has 5 nitrogen and oxygen atoms in total. The molecule has 2 aliphatic carbocycles. The number of aromatic nitrogens is 2. The van der Waals surface area contributed by atoms with Crippen LogP contribution in [0.1, 0.15) is 56.9 Å². The number of hydrogen-bond acceptors (Lipinski definition) is 5. The second-order valence-corrected chi connectivity index (χ2v) is 11.2. The molecule has 1 heterocycles. The van der Waals surface area contributed by atoms with Crippen LogP contribution in [0, 0.1) is 5.92 Å². The summed E-state index contributed by atoms with van der Waals surface area (Å²) in [4.78, 5) is 11.7. The highest BCUT2D eigenvalue weighted by Crippen LogP contribution is 2.41. The molecule has 0 atom stereocenters. The van der Waals surface area contributed by atoms with Gasteiger partial charge in [0.05, 0.1) is 5.52 Å². The summed E-state index contributed by atoms with van der Waals surface area (Å²) >= 11 is 6.15. The molecule has 2 aliphatic rings. The molecule has 35 heavy (non-hydrogen) atoms. The molecule has 0 aliphatic heterocycles. The quantitative estimate of drug-likeness (QED) is 0.380. The summed E-state index contributed by atoms with van der Waals surface area (Å²) in [6.45, 7) is 2.18. The van der Waals surface area contributed by atoms with E-state index in [0.29, 0.717) is 6.04 Å². The van der Waals surface area contributed by atoms with Crippen molar-refractivity contribution in [1.82, 2.24) is 15.3 Å². The predicted molar refractivity (Wildman–Crippen MR) is 148 cm³/mol. The van der Waals surface area contributed by atoms with Gasteiger partial charge in [0, 0.05) is 42.5 Å². The van der Waals surface area contributed by atoms with Crippen LogP contribution in [0.4, 0.5) is 11.8 Å². The zero-order valence-electron chi connectivity index (χ0n) is 21.1. The maximum absolute atomic E-state index is 6.15. The third kappa shape index (κ3) is 5.57. The average Bonchev–Trinajstić information content (AvgIpc) is 3.35. The van der Waals surface area contributed by atoms with E-state index >= 15 is 0 Å². The number of anilines is 2. The number of nitrogens with zero attached hydrogens (tertiary/aromatic N) is 3. The monoisotopic (exact) mass is 491 g/mol. The standard InChI is InChI=1S/C29H38ClN5/c1-35(2)27-25-7-3-4-8-26(25)33-28(34-27)32-24-15-9-21(10-16-24)19-31-20-29(17-5-6-18-29)22-11-13-23(30)14-12-22/h3-4,7-8,11-14,21,24,31H,5-6,9-10,15-20H2,1-2H3,(H,32,33,34). The van der Waals surface area contributed by atoms with Gasteiger partial charge in [-0.1, -0.05) is 48.7 Å². The second-order valence-electron chi connectivity index (χ2n) is 10.8. The lowest BCUT2D eigenvalue weighted by Crippen LogP contribution is -2.39. The van der Waals surface area contributed by atoms with Gasteiger partial charge in [0.25, 0.3) is 0 Å². The molecule has 2 saturated carbocycles. The van der Waals surface area contributed by atoms with E-state index in [1.807, 2.05) is 38.4 Å². The fourth-order valence-corrected chi connectivity index (χ4v) is 6.22. The van der Waals surface area contributed by atoms with Crippen molar-refractivity contribution in [2.24, 2.45) is 5.92 Å². The van der Waals surface area contributed by atoms with Crippen molar-refractivity contribution in [1.29, 1.82) is 0 Å². The van der Waals surface area contributed by atoms with Gasteiger partial charge in [0.1, 0.15) is 5.82 Å². The van der Waals surface area contributed by atoms with Crippen molar-refractivity contribution >= 4 is 34.3 Å². The first kappa shape index (κ1) is 24.3. The molecule has 186 valence electrons. The molecule has 0 saturated heterocycles. The average molecular weight is 492 g/mol. The molecule has 0 radical (unpaired) electrons. The first-order valence-electron chi connectivity index (χ1n) is 13.2. The van der Waals surface area contributed by atoms with Gasteiger partial charge in [-0.05, 0) is 80.8 Å². The number of halogens is 1. The Labute approximate surface area is 214 Å². The Morgan fingerprint density at radius 1 is 0.943 bits per heavy atom. The molecule has 6 heteroatoms. The minimum atomic E-state index is 0.279. The molecule has 2 fully saturated rings. The fraction of sp³-hybridized carbons (Fsp3) is 0.517. The van der Waals surface area contributed by atoms with E-state index in [1.54, 1.807) is 0 Å². The summed E-state index contributed by atoms with van der Waals surface area (Å²) in [6, 6.07) is 17.3. The summed E-state index contributed by atoms with van der Waals surface area (Å²) in [5.41, 5.74) is 2.72. The Hall–Kier alpha value is -2.37. The van der Waals surface area contributed by atoms with E-state index in [-0.39, 0.29) is 5.41 Å². The minimum absolute atomic E-state index is 0.279. The largest absolute Gasteiger partial charge is 0.362 e. The van der Waals surface area contributed by atoms with Crippen LogP contribution in [0.15, 0.2) is 48.5 Å². The van der Waals surface area contributed by atoms with Crippen molar-refractivity contribution in [3.63, 3.8) is 0 Å². The summed E-state index contributed by atoms with van der Waals surface area (Å²) < 4.78 is 0. The third-order valence-corrected chi connectivity index (χ3v) is 8.35. The van der Waals surface area contributed by atoms with Gasteiger partial charge in [0.2, 0.25) is 5.95 Å². The smallest absolute Gasteiger partial charge is 0.225 e. The lowest BCUT2D eigenvalue weighted by atomic mass is 9.78. The zero-order valence-corrected chi connectivity index (χ0v) is 21.8. The number of fused-ring (bicyclic) bond motifs is 1.